The first-order valence-electron chi connectivity index (χ1n) is 3.15. The third kappa shape index (κ3) is 2.68. The van der Waals surface area contributed by atoms with E-state index in [0.29, 0.717) is 0 Å². The molecular weight excluding hydrogens is 189 g/mol. The summed E-state index contributed by atoms with van der Waals surface area (Å²) in [6.45, 7) is 2.80. The summed E-state index contributed by atoms with van der Waals surface area (Å²) >= 11 is 0. The molecule has 0 spiro atoms. The third-order valence-corrected chi connectivity index (χ3v) is 1.16. The Labute approximate surface area is 96.2 Å². The number of rotatable bonds is 0. The molecule has 13 heavy (non-hydrogen) atoms. The van der Waals surface area contributed by atoms with Crippen LogP contribution in [0.25, 0.3) is 0 Å². The number of esters is 2. The van der Waals surface area contributed by atoms with E-state index < -0.39 is 23.4 Å². The van der Waals surface area contributed by atoms with Gasteiger partial charge in [0.25, 0.3) is 11.5 Å². The van der Waals surface area contributed by atoms with Crippen LogP contribution in [0.5, 0.6) is 0 Å². The molecule has 7 heteroatoms. The zero-order chi connectivity index (χ0) is 9.35. The van der Waals surface area contributed by atoms with Gasteiger partial charge in [-0.25, -0.2) is 9.59 Å². The van der Waals surface area contributed by atoms with Gasteiger partial charge in [-0.3, -0.25) is 0 Å². The van der Waals surface area contributed by atoms with Gasteiger partial charge in [0.15, 0.2) is 0 Å². The molecule has 0 aromatic rings. The second-order valence-electron chi connectivity index (χ2n) is 2.63. The van der Waals surface area contributed by atoms with Crippen molar-refractivity contribution in [3.63, 3.8) is 0 Å². The van der Waals surface area contributed by atoms with E-state index in [-0.39, 0.29) is 29.6 Å². The third-order valence-electron chi connectivity index (χ3n) is 1.16. The van der Waals surface area contributed by atoms with Gasteiger partial charge in [0.05, 0.1) is 0 Å². The summed E-state index contributed by atoms with van der Waals surface area (Å²) in [5.74, 6) is -3.26. The Bertz CT molecular complexity index is 250. The maximum Gasteiger partial charge on any atom is 1.00 e. The molecule has 6 nitrogen and oxygen atoms in total. The SMILES string of the molecule is CC1(C)OC(=O)C(=NO)C(=O)O1.[Na+]. The van der Waals surface area contributed by atoms with Crippen molar-refractivity contribution >= 4 is 17.7 Å². The molecular formula is C6H7NNaO5+. The number of oxime groups is 1. The van der Waals surface area contributed by atoms with Crippen molar-refractivity contribution in [3.8, 4) is 0 Å². The Morgan fingerprint density at radius 2 is 1.62 bits per heavy atom. The zero-order valence-electron chi connectivity index (χ0n) is 7.53. The van der Waals surface area contributed by atoms with Crippen molar-refractivity contribution in [2.24, 2.45) is 5.16 Å². The van der Waals surface area contributed by atoms with Crippen LogP contribution in [0.2, 0.25) is 0 Å². The second kappa shape index (κ2) is 4.08. The van der Waals surface area contributed by atoms with Gasteiger partial charge in [-0.15, -0.1) is 0 Å². The van der Waals surface area contributed by atoms with E-state index in [2.05, 4.69) is 14.6 Å². The van der Waals surface area contributed by atoms with Crippen LogP contribution in [-0.2, 0) is 19.1 Å². The molecule has 0 aliphatic carbocycles. The van der Waals surface area contributed by atoms with E-state index in [4.69, 9.17) is 5.21 Å². The standard InChI is InChI=1S/C6H7NO5.Na/c1-6(2)11-4(8)3(7-10)5(9)12-6;/h10H,1-2H3;/q;+1. The van der Waals surface area contributed by atoms with Gasteiger partial charge in [-0.2, -0.15) is 0 Å². The predicted octanol–water partition coefficient (Wildman–Crippen LogP) is -3.34. The minimum absolute atomic E-state index is 0. The molecule has 66 valence electrons. The van der Waals surface area contributed by atoms with Gasteiger partial charge in [-0.1, -0.05) is 5.16 Å². The number of hydrogen-bond acceptors (Lipinski definition) is 6. The number of hydrogen-bond donors (Lipinski definition) is 1. The monoisotopic (exact) mass is 196 g/mol. The molecule has 1 rings (SSSR count). The minimum atomic E-state index is -1.29. The molecule has 0 saturated carbocycles. The molecule has 1 aliphatic rings. The number of carbonyl (C=O) groups is 2. The first kappa shape index (κ1) is 12.4. The maximum absolute atomic E-state index is 10.8. The van der Waals surface area contributed by atoms with Crippen LogP contribution < -0.4 is 29.6 Å². The molecule has 1 saturated heterocycles. The molecule has 0 atom stereocenters. The molecule has 1 fully saturated rings. The number of cyclic esters (lactones) is 2. The quantitative estimate of drug-likeness (QED) is 0.189. The first-order valence-corrected chi connectivity index (χ1v) is 3.15. The van der Waals surface area contributed by atoms with Gasteiger partial charge in [0, 0.05) is 13.8 Å². The van der Waals surface area contributed by atoms with Crippen molar-refractivity contribution < 1.29 is 53.8 Å². The van der Waals surface area contributed by atoms with Crippen LogP contribution in [0.1, 0.15) is 13.8 Å². The molecule has 0 radical (unpaired) electrons. The average Bonchev–Trinajstić information content (AvgIpc) is 1.82. The van der Waals surface area contributed by atoms with Crippen LogP contribution in [0.4, 0.5) is 0 Å². The fourth-order valence-corrected chi connectivity index (χ4v) is 0.729. The van der Waals surface area contributed by atoms with E-state index in [9.17, 15) is 9.59 Å². The topological polar surface area (TPSA) is 85.2 Å². The van der Waals surface area contributed by atoms with Gasteiger partial charge in [0.2, 0.25) is 0 Å². The first-order chi connectivity index (χ1) is 5.46. The summed E-state index contributed by atoms with van der Waals surface area (Å²) in [6.07, 6.45) is 0. The molecule has 0 aromatic carbocycles. The van der Waals surface area contributed by atoms with E-state index in [1.54, 1.807) is 0 Å². The molecule has 1 N–H and O–H groups in total. The van der Waals surface area contributed by atoms with Crippen LogP contribution in [0.15, 0.2) is 5.16 Å². The molecule has 1 heterocycles. The summed E-state index contributed by atoms with van der Waals surface area (Å²) in [4.78, 5) is 21.7. The number of ether oxygens (including phenoxy) is 2. The minimum Gasteiger partial charge on any atom is -0.418 e. The Morgan fingerprint density at radius 3 is 1.92 bits per heavy atom. The smallest absolute Gasteiger partial charge is 0.418 e. The summed E-state index contributed by atoms with van der Waals surface area (Å²) in [5, 5.41) is 10.6. The Kier molecular flexibility index (Phi) is 3.89. The second-order valence-corrected chi connectivity index (χ2v) is 2.63. The fraction of sp³-hybridized carbons (Fsp3) is 0.500. The summed E-state index contributed by atoms with van der Waals surface area (Å²) < 4.78 is 9.15. The Morgan fingerprint density at radius 1 is 1.23 bits per heavy atom. The van der Waals surface area contributed by atoms with Gasteiger partial charge < -0.3 is 14.7 Å². The zero-order valence-corrected chi connectivity index (χ0v) is 9.53. The largest absolute Gasteiger partial charge is 1.00 e. The number of nitrogens with zero attached hydrogens (tertiary/aromatic N) is 1. The predicted molar refractivity (Wildman–Crippen MR) is 35.5 cm³/mol. The summed E-state index contributed by atoms with van der Waals surface area (Å²) in [5.41, 5.74) is -0.741. The average molecular weight is 196 g/mol. The van der Waals surface area contributed by atoms with E-state index in [0.717, 1.165) is 0 Å². The maximum atomic E-state index is 10.8. The van der Waals surface area contributed by atoms with Crippen molar-refractivity contribution in [1.82, 2.24) is 0 Å². The normalized spacial score (nSPS) is 19.7. The van der Waals surface area contributed by atoms with E-state index in [1.807, 2.05) is 0 Å². The molecule has 0 bridgehead atoms. The van der Waals surface area contributed by atoms with Crippen LogP contribution >= 0.6 is 0 Å². The Hall–Kier alpha value is -0.590. The molecule has 0 aromatic heterocycles. The van der Waals surface area contributed by atoms with Crippen molar-refractivity contribution in [2.45, 2.75) is 19.6 Å². The van der Waals surface area contributed by atoms with Crippen LogP contribution in [0, 0.1) is 0 Å². The van der Waals surface area contributed by atoms with Gasteiger partial charge in [0.1, 0.15) is 0 Å². The summed E-state index contributed by atoms with van der Waals surface area (Å²) in [6, 6.07) is 0. The van der Waals surface area contributed by atoms with Crippen LogP contribution in [0.3, 0.4) is 0 Å². The van der Waals surface area contributed by atoms with Gasteiger partial charge in [-0.05, 0) is 0 Å². The number of carbonyl (C=O) groups excluding carboxylic acids is 2. The van der Waals surface area contributed by atoms with Crippen molar-refractivity contribution in [2.75, 3.05) is 0 Å². The molecule has 0 amide bonds. The molecule has 1 aliphatic heterocycles. The van der Waals surface area contributed by atoms with Crippen molar-refractivity contribution in [1.29, 1.82) is 0 Å². The van der Waals surface area contributed by atoms with E-state index in [1.165, 1.54) is 13.8 Å². The van der Waals surface area contributed by atoms with E-state index >= 15 is 0 Å². The Balaban J connectivity index is 0.00000144. The fourth-order valence-electron chi connectivity index (χ4n) is 0.729. The summed E-state index contributed by atoms with van der Waals surface area (Å²) in [7, 11) is 0. The van der Waals surface area contributed by atoms with Crippen molar-refractivity contribution in [3.05, 3.63) is 0 Å². The van der Waals surface area contributed by atoms with Gasteiger partial charge >= 0.3 is 41.5 Å². The van der Waals surface area contributed by atoms with Crippen LogP contribution in [-0.4, -0.2) is 28.6 Å². The molecule has 0 unspecified atom stereocenters.